The molecule has 1 atom stereocenters. The number of aliphatic hydroxyl groups is 3. The van der Waals surface area contributed by atoms with Gasteiger partial charge in [0.25, 0.3) is 0 Å². The van der Waals surface area contributed by atoms with Crippen molar-refractivity contribution in [2.75, 3.05) is 20.0 Å². The Balaban J connectivity index is 2.57. The van der Waals surface area contributed by atoms with Crippen molar-refractivity contribution in [3.05, 3.63) is 11.5 Å². The van der Waals surface area contributed by atoms with Crippen LogP contribution in [0.25, 0.3) is 0 Å². The largest absolute Gasteiger partial charge is 0.347 e. The summed E-state index contributed by atoms with van der Waals surface area (Å²) in [4.78, 5) is 9.64. The van der Waals surface area contributed by atoms with Gasteiger partial charge in [-0.25, -0.2) is 10.8 Å². The first kappa shape index (κ1) is 15.7. The standard InChI is InChI=1S/C11H22N7O3/c1-2-3-4-17-5-14-8-9(16-13)15-10(12)18(6-19,7-20)11(8,17)21/h5,16,19-21H,2-4,6-7,13H2,1H3,(H2,12,15)/q+1. The summed E-state index contributed by atoms with van der Waals surface area (Å²) in [5.74, 6) is 3.47. The molecule has 21 heavy (non-hydrogen) atoms. The fourth-order valence-electron chi connectivity index (χ4n) is 2.55. The van der Waals surface area contributed by atoms with E-state index in [1.807, 2.05) is 6.92 Å². The van der Waals surface area contributed by atoms with Crippen LogP contribution in [0.1, 0.15) is 19.8 Å². The Labute approximate surface area is 122 Å². The van der Waals surface area contributed by atoms with Crippen LogP contribution in [0.5, 0.6) is 0 Å². The fraction of sp³-hybridized carbons (Fsp3) is 0.636. The fourth-order valence-corrected chi connectivity index (χ4v) is 2.55. The summed E-state index contributed by atoms with van der Waals surface area (Å²) in [6.07, 6.45) is 3.14. The van der Waals surface area contributed by atoms with E-state index < -0.39 is 23.8 Å². The van der Waals surface area contributed by atoms with E-state index >= 15 is 0 Å². The molecule has 2 heterocycles. The Hall–Kier alpha value is -1.72. The van der Waals surface area contributed by atoms with Gasteiger partial charge in [0.15, 0.2) is 19.3 Å². The highest BCUT2D eigenvalue weighted by atomic mass is 16.4. The molecule has 2 rings (SSSR count). The minimum atomic E-state index is -1.85. The highest BCUT2D eigenvalue weighted by Crippen LogP contribution is 2.40. The van der Waals surface area contributed by atoms with Gasteiger partial charge in [0.1, 0.15) is 0 Å². The molecule has 0 amide bonds. The molecule has 0 bridgehead atoms. The Morgan fingerprint density at radius 3 is 2.62 bits per heavy atom. The molecule has 10 nitrogen and oxygen atoms in total. The summed E-state index contributed by atoms with van der Waals surface area (Å²) < 4.78 is -0.753. The van der Waals surface area contributed by atoms with Gasteiger partial charge >= 0.3 is 11.8 Å². The first-order valence-electron chi connectivity index (χ1n) is 6.70. The Kier molecular flexibility index (Phi) is 4.16. The molecule has 2 aliphatic rings. The minimum Gasteiger partial charge on any atom is -0.347 e. The van der Waals surface area contributed by atoms with E-state index in [2.05, 4.69) is 15.4 Å². The SMILES string of the molecule is CCCCN1C=NC2=C(NN)N=C(N)[N+](CO)(CO)C21O. The Morgan fingerprint density at radius 2 is 2.10 bits per heavy atom. The summed E-state index contributed by atoms with van der Waals surface area (Å²) in [5.41, 5.74) is 8.30. The van der Waals surface area contributed by atoms with Gasteiger partial charge in [-0.1, -0.05) is 13.3 Å². The van der Waals surface area contributed by atoms with E-state index in [0.717, 1.165) is 12.8 Å². The Bertz CT molecular complexity index is 500. The van der Waals surface area contributed by atoms with Crippen LogP contribution in [-0.2, 0) is 0 Å². The lowest BCUT2D eigenvalue weighted by molar-refractivity contribution is -0.961. The van der Waals surface area contributed by atoms with E-state index in [1.165, 1.54) is 11.2 Å². The number of quaternary nitrogens is 1. The maximum Gasteiger partial charge on any atom is 0.345 e. The van der Waals surface area contributed by atoms with Crippen LogP contribution in [0.15, 0.2) is 21.5 Å². The molecule has 2 aliphatic heterocycles. The van der Waals surface area contributed by atoms with Crippen molar-refractivity contribution in [3.8, 4) is 0 Å². The van der Waals surface area contributed by atoms with E-state index in [4.69, 9.17) is 11.6 Å². The van der Waals surface area contributed by atoms with Gasteiger partial charge in [0, 0.05) is 6.54 Å². The third-order valence-electron chi connectivity index (χ3n) is 3.90. The molecule has 0 aromatic heterocycles. The number of guanidine groups is 1. The number of hydrazine groups is 1. The van der Waals surface area contributed by atoms with Gasteiger partial charge in [0.2, 0.25) is 5.70 Å². The van der Waals surface area contributed by atoms with Crippen LogP contribution >= 0.6 is 0 Å². The molecule has 0 aromatic carbocycles. The molecule has 0 spiro atoms. The zero-order chi connectivity index (χ0) is 15.7. The zero-order valence-corrected chi connectivity index (χ0v) is 11.9. The molecular weight excluding hydrogens is 278 g/mol. The summed E-state index contributed by atoms with van der Waals surface area (Å²) in [6.45, 7) is 1.20. The van der Waals surface area contributed by atoms with Crippen molar-refractivity contribution in [1.82, 2.24) is 10.3 Å². The summed E-state index contributed by atoms with van der Waals surface area (Å²) in [6, 6.07) is 0. The molecule has 8 N–H and O–H groups in total. The molecule has 0 fully saturated rings. The predicted octanol–water partition coefficient (Wildman–Crippen LogP) is -2.55. The summed E-state index contributed by atoms with van der Waals surface area (Å²) in [5, 5.41) is 30.7. The number of aliphatic imine (C=N–C) groups is 2. The molecule has 10 heteroatoms. The second-order valence-electron chi connectivity index (χ2n) is 4.99. The van der Waals surface area contributed by atoms with Crippen LogP contribution in [0, 0.1) is 0 Å². The third-order valence-corrected chi connectivity index (χ3v) is 3.90. The number of rotatable bonds is 6. The van der Waals surface area contributed by atoms with E-state index in [-0.39, 0.29) is 17.5 Å². The lowest BCUT2D eigenvalue weighted by Crippen LogP contribution is -2.77. The number of hydrogen-bond donors (Lipinski definition) is 6. The van der Waals surface area contributed by atoms with Crippen LogP contribution < -0.4 is 17.0 Å². The molecule has 0 saturated heterocycles. The van der Waals surface area contributed by atoms with Crippen LogP contribution in [0.4, 0.5) is 0 Å². The number of unbranched alkanes of at least 4 members (excludes halogenated alkanes) is 1. The minimum absolute atomic E-state index is 0.0981. The van der Waals surface area contributed by atoms with E-state index in [0.29, 0.717) is 6.54 Å². The number of aliphatic hydroxyl groups excluding tert-OH is 2. The van der Waals surface area contributed by atoms with Crippen molar-refractivity contribution >= 4 is 12.3 Å². The number of nitrogens with two attached hydrogens (primary N) is 2. The van der Waals surface area contributed by atoms with Gasteiger partial charge in [-0.3, -0.25) is 4.90 Å². The normalized spacial score (nSPS) is 26.9. The maximum atomic E-state index is 11.2. The van der Waals surface area contributed by atoms with Gasteiger partial charge in [-0.05, 0) is 6.42 Å². The van der Waals surface area contributed by atoms with E-state index in [1.54, 1.807) is 0 Å². The van der Waals surface area contributed by atoms with Gasteiger partial charge in [0.05, 0.1) is 6.34 Å². The van der Waals surface area contributed by atoms with Crippen molar-refractivity contribution in [3.63, 3.8) is 0 Å². The number of hydrogen-bond acceptors (Lipinski definition) is 9. The van der Waals surface area contributed by atoms with Crippen LogP contribution in [-0.4, -0.2) is 62.9 Å². The molecule has 0 saturated carbocycles. The van der Waals surface area contributed by atoms with Crippen LogP contribution in [0.3, 0.4) is 0 Å². The van der Waals surface area contributed by atoms with Gasteiger partial charge in [-0.15, -0.1) is 0 Å². The highest BCUT2D eigenvalue weighted by molar-refractivity contribution is 5.76. The van der Waals surface area contributed by atoms with E-state index in [9.17, 15) is 15.3 Å². The predicted molar refractivity (Wildman–Crippen MR) is 75.5 cm³/mol. The molecule has 0 aromatic rings. The molecule has 1 unspecified atom stereocenters. The number of nitrogens with one attached hydrogen (secondary N) is 1. The zero-order valence-electron chi connectivity index (χ0n) is 11.9. The molecule has 118 valence electrons. The van der Waals surface area contributed by atoms with Crippen molar-refractivity contribution in [1.29, 1.82) is 0 Å². The lowest BCUT2D eigenvalue weighted by Gasteiger charge is -2.48. The van der Waals surface area contributed by atoms with Crippen molar-refractivity contribution < 1.29 is 19.8 Å². The quantitative estimate of drug-likeness (QED) is 0.179. The Morgan fingerprint density at radius 1 is 1.43 bits per heavy atom. The monoisotopic (exact) mass is 300 g/mol. The first-order chi connectivity index (χ1) is 10.0. The van der Waals surface area contributed by atoms with Crippen molar-refractivity contribution in [2.45, 2.75) is 25.6 Å². The van der Waals surface area contributed by atoms with Gasteiger partial charge < -0.3 is 26.5 Å². The number of nitrogens with zero attached hydrogens (tertiary/aromatic N) is 4. The average Bonchev–Trinajstić information content (AvgIpc) is 2.82. The highest BCUT2D eigenvalue weighted by Gasteiger charge is 2.65. The number of fused-ring (bicyclic) bond motifs is 1. The molecule has 0 radical (unpaired) electrons. The third kappa shape index (κ3) is 1.92. The van der Waals surface area contributed by atoms with Gasteiger partial charge in [-0.2, -0.15) is 9.48 Å². The topological polar surface area (TPSA) is 153 Å². The van der Waals surface area contributed by atoms with Crippen LogP contribution in [0.2, 0.25) is 0 Å². The maximum absolute atomic E-state index is 11.2. The van der Waals surface area contributed by atoms with Crippen molar-refractivity contribution in [2.24, 2.45) is 21.6 Å². The second-order valence-corrected chi connectivity index (χ2v) is 4.99. The second kappa shape index (κ2) is 5.58. The lowest BCUT2D eigenvalue weighted by atomic mass is 10.1. The molecule has 0 aliphatic carbocycles. The smallest absolute Gasteiger partial charge is 0.345 e. The first-order valence-corrected chi connectivity index (χ1v) is 6.70. The average molecular weight is 300 g/mol. The molecular formula is C11H22N7O3+. The summed E-state index contributed by atoms with van der Waals surface area (Å²) >= 11 is 0. The summed E-state index contributed by atoms with van der Waals surface area (Å²) in [7, 11) is 0.